The fourth-order valence-electron chi connectivity index (χ4n) is 2.79. The molecule has 2 atom stereocenters. The van der Waals surface area contributed by atoms with Crippen LogP contribution < -0.4 is 10.2 Å². The number of nitrogens with one attached hydrogen (secondary N) is 1. The summed E-state index contributed by atoms with van der Waals surface area (Å²) in [5.74, 6) is 2.94. The average molecular weight is 308 g/mol. The molecule has 0 amide bonds. The molecule has 2 aliphatic rings. The second-order valence-electron chi connectivity index (χ2n) is 5.65. The monoisotopic (exact) mass is 308 g/mol. The third-order valence-electron chi connectivity index (χ3n) is 4.03. The van der Waals surface area contributed by atoms with Crippen molar-refractivity contribution >= 4 is 23.5 Å². The van der Waals surface area contributed by atoms with E-state index in [0.29, 0.717) is 11.3 Å². The fraction of sp³-hybridized carbons (Fsp3) is 0.733. The van der Waals surface area contributed by atoms with Crippen LogP contribution in [0.2, 0.25) is 0 Å². The number of thioether (sulfide) groups is 1. The Balaban J connectivity index is 1.64. The molecule has 0 radical (unpaired) electrons. The first kappa shape index (κ1) is 14.9. The van der Waals surface area contributed by atoms with E-state index in [9.17, 15) is 0 Å². The summed E-state index contributed by atoms with van der Waals surface area (Å²) in [5, 5.41) is 4.18. The molecule has 21 heavy (non-hydrogen) atoms. The van der Waals surface area contributed by atoms with Crippen LogP contribution in [0.1, 0.15) is 26.2 Å². The Kier molecular flexibility index (Phi) is 5.19. The van der Waals surface area contributed by atoms with E-state index in [0.717, 1.165) is 56.7 Å². The summed E-state index contributed by atoms with van der Waals surface area (Å²) in [6, 6.07) is 2.33. The minimum atomic E-state index is 0.377. The molecule has 2 unspecified atom stereocenters. The molecule has 2 saturated heterocycles. The van der Waals surface area contributed by atoms with Crippen LogP contribution in [0.5, 0.6) is 0 Å². The van der Waals surface area contributed by atoms with Crippen LogP contribution in [0.4, 0.5) is 11.8 Å². The Morgan fingerprint density at radius 2 is 2.48 bits per heavy atom. The third-order valence-corrected chi connectivity index (χ3v) is 5.40. The van der Waals surface area contributed by atoms with Gasteiger partial charge in [-0.15, -0.1) is 0 Å². The van der Waals surface area contributed by atoms with Gasteiger partial charge in [0.2, 0.25) is 5.95 Å². The molecular formula is C15H24N4OS. The molecule has 3 heterocycles. The minimum Gasteiger partial charge on any atom is -0.379 e. The smallest absolute Gasteiger partial charge is 0.227 e. The molecule has 6 heteroatoms. The highest BCUT2D eigenvalue weighted by molar-refractivity contribution is 8.00. The van der Waals surface area contributed by atoms with Gasteiger partial charge >= 0.3 is 0 Å². The first-order valence-electron chi connectivity index (χ1n) is 7.89. The van der Waals surface area contributed by atoms with Gasteiger partial charge in [-0.3, -0.25) is 0 Å². The molecule has 1 aromatic rings. The van der Waals surface area contributed by atoms with Gasteiger partial charge in [-0.1, -0.05) is 6.92 Å². The molecule has 1 N–H and O–H groups in total. The van der Waals surface area contributed by atoms with Crippen molar-refractivity contribution in [2.75, 3.05) is 42.3 Å². The molecule has 0 spiro atoms. The molecule has 2 aliphatic heterocycles. The van der Waals surface area contributed by atoms with E-state index in [2.05, 4.69) is 33.9 Å². The zero-order chi connectivity index (χ0) is 14.5. The lowest BCUT2D eigenvalue weighted by Crippen LogP contribution is -2.38. The summed E-state index contributed by atoms with van der Waals surface area (Å²) < 4.78 is 5.51. The second kappa shape index (κ2) is 7.31. The van der Waals surface area contributed by atoms with Crippen molar-refractivity contribution in [1.29, 1.82) is 0 Å². The van der Waals surface area contributed by atoms with Gasteiger partial charge in [0.15, 0.2) is 0 Å². The van der Waals surface area contributed by atoms with E-state index in [1.54, 1.807) is 0 Å². The highest BCUT2D eigenvalue weighted by atomic mass is 32.2. The van der Waals surface area contributed by atoms with Gasteiger partial charge < -0.3 is 15.0 Å². The highest BCUT2D eigenvalue weighted by Gasteiger charge is 2.21. The van der Waals surface area contributed by atoms with E-state index in [-0.39, 0.29) is 0 Å². The Morgan fingerprint density at radius 3 is 3.29 bits per heavy atom. The average Bonchev–Trinajstić information content (AvgIpc) is 2.56. The lowest BCUT2D eigenvalue weighted by atomic mass is 10.1. The standard InChI is InChI=1S/C15H24N4OS/c1-2-13-10-19(7-9-21-13)15-16-6-5-14(18-15)17-12-4-3-8-20-11-12/h5-6,12-13H,2-4,7-11H2,1H3,(H,16,17,18). The Hall–Kier alpha value is -1.01. The van der Waals surface area contributed by atoms with Gasteiger partial charge in [0.25, 0.3) is 0 Å². The van der Waals surface area contributed by atoms with Crippen LogP contribution in [0.25, 0.3) is 0 Å². The van der Waals surface area contributed by atoms with Crippen molar-refractivity contribution in [3.05, 3.63) is 12.3 Å². The minimum absolute atomic E-state index is 0.377. The lowest BCUT2D eigenvalue weighted by molar-refractivity contribution is 0.0875. The maximum atomic E-state index is 5.51. The lowest BCUT2D eigenvalue weighted by Gasteiger charge is -2.32. The van der Waals surface area contributed by atoms with Crippen LogP contribution in [-0.4, -0.2) is 53.3 Å². The van der Waals surface area contributed by atoms with Crippen LogP contribution in [0, 0.1) is 0 Å². The SMILES string of the molecule is CCC1CN(c2nccc(NC3CCCOC3)n2)CCS1. The topological polar surface area (TPSA) is 50.3 Å². The first-order valence-corrected chi connectivity index (χ1v) is 8.94. The van der Waals surface area contributed by atoms with Crippen molar-refractivity contribution in [2.45, 2.75) is 37.5 Å². The van der Waals surface area contributed by atoms with Crippen molar-refractivity contribution in [1.82, 2.24) is 9.97 Å². The van der Waals surface area contributed by atoms with Gasteiger partial charge in [0, 0.05) is 36.9 Å². The normalized spacial score (nSPS) is 26.6. The summed E-state index contributed by atoms with van der Waals surface area (Å²) in [5.41, 5.74) is 0. The number of hydrogen-bond donors (Lipinski definition) is 1. The maximum Gasteiger partial charge on any atom is 0.227 e. The zero-order valence-corrected chi connectivity index (χ0v) is 13.4. The molecule has 0 saturated carbocycles. The number of aromatic nitrogens is 2. The third kappa shape index (κ3) is 4.01. The van der Waals surface area contributed by atoms with Gasteiger partial charge in [0.1, 0.15) is 5.82 Å². The predicted octanol–water partition coefficient (Wildman–Crippen LogP) is 2.40. The summed E-state index contributed by atoms with van der Waals surface area (Å²) in [7, 11) is 0. The molecule has 1 aromatic heterocycles. The van der Waals surface area contributed by atoms with Gasteiger partial charge in [-0.05, 0) is 25.3 Å². The molecule has 3 rings (SSSR count). The van der Waals surface area contributed by atoms with Crippen molar-refractivity contribution < 1.29 is 4.74 Å². The van der Waals surface area contributed by atoms with E-state index in [1.807, 2.05) is 12.3 Å². The van der Waals surface area contributed by atoms with Crippen LogP contribution >= 0.6 is 11.8 Å². The van der Waals surface area contributed by atoms with E-state index >= 15 is 0 Å². The Morgan fingerprint density at radius 1 is 1.52 bits per heavy atom. The number of rotatable bonds is 4. The number of hydrogen-bond acceptors (Lipinski definition) is 6. The van der Waals surface area contributed by atoms with Crippen LogP contribution in [0.15, 0.2) is 12.3 Å². The molecule has 0 aliphatic carbocycles. The van der Waals surface area contributed by atoms with E-state index < -0.39 is 0 Å². The zero-order valence-electron chi connectivity index (χ0n) is 12.6. The van der Waals surface area contributed by atoms with Crippen molar-refractivity contribution in [3.8, 4) is 0 Å². The molecular weight excluding hydrogens is 284 g/mol. The summed E-state index contributed by atoms with van der Waals surface area (Å²) >= 11 is 2.06. The van der Waals surface area contributed by atoms with Gasteiger partial charge in [-0.25, -0.2) is 4.98 Å². The number of nitrogens with zero attached hydrogens (tertiary/aromatic N) is 3. The van der Waals surface area contributed by atoms with E-state index in [4.69, 9.17) is 9.72 Å². The van der Waals surface area contributed by atoms with Crippen LogP contribution in [-0.2, 0) is 4.74 Å². The predicted molar refractivity (Wildman–Crippen MR) is 88.2 cm³/mol. The molecule has 0 aromatic carbocycles. The Labute approximate surface area is 130 Å². The number of ether oxygens (including phenoxy) is 1. The van der Waals surface area contributed by atoms with E-state index in [1.165, 1.54) is 6.42 Å². The molecule has 116 valence electrons. The largest absolute Gasteiger partial charge is 0.379 e. The van der Waals surface area contributed by atoms with Crippen molar-refractivity contribution in [3.63, 3.8) is 0 Å². The Bertz CT molecular complexity index is 453. The summed E-state index contributed by atoms with van der Waals surface area (Å²) in [6.45, 7) is 6.01. The van der Waals surface area contributed by atoms with Gasteiger partial charge in [0.05, 0.1) is 12.6 Å². The number of anilines is 2. The second-order valence-corrected chi connectivity index (χ2v) is 7.06. The highest BCUT2D eigenvalue weighted by Crippen LogP contribution is 2.24. The summed E-state index contributed by atoms with van der Waals surface area (Å²) in [4.78, 5) is 11.5. The van der Waals surface area contributed by atoms with Gasteiger partial charge in [-0.2, -0.15) is 16.7 Å². The first-order chi connectivity index (χ1) is 10.3. The van der Waals surface area contributed by atoms with Crippen molar-refractivity contribution in [2.24, 2.45) is 0 Å². The molecule has 5 nitrogen and oxygen atoms in total. The quantitative estimate of drug-likeness (QED) is 0.922. The summed E-state index contributed by atoms with van der Waals surface area (Å²) in [6.07, 6.45) is 5.34. The molecule has 2 fully saturated rings. The fourth-order valence-corrected chi connectivity index (χ4v) is 3.97. The molecule has 0 bridgehead atoms. The maximum absolute atomic E-state index is 5.51. The van der Waals surface area contributed by atoms with Crippen LogP contribution in [0.3, 0.4) is 0 Å².